The molecule has 1 aromatic carbocycles. The fourth-order valence-electron chi connectivity index (χ4n) is 2.91. The van der Waals surface area contributed by atoms with Crippen molar-refractivity contribution < 1.29 is 14.3 Å². The molecule has 7 heteroatoms. The molecule has 0 bridgehead atoms. The Balaban J connectivity index is 1.67. The Kier molecular flexibility index (Phi) is 6.53. The number of halogens is 1. The summed E-state index contributed by atoms with van der Waals surface area (Å²) in [7, 11) is 0. The average Bonchev–Trinajstić information content (AvgIpc) is 2.68. The highest BCUT2D eigenvalue weighted by Crippen LogP contribution is 2.24. The molecule has 2 heterocycles. The summed E-state index contributed by atoms with van der Waals surface area (Å²) in [5, 5.41) is 3.27. The number of para-hydroxylation sites is 1. The molecule has 0 unspecified atom stereocenters. The monoisotopic (exact) mass is 389 g/mol. The van der Waals surface area contributed by atoms with Gasteiger partial charge in [-0.3, -0.25) is 4.79 Å². The second-order valence-corrected chi connectivity index (χ2v) is 7.00. The number of nitrogens with one attached hydrogen (secondary N) is 1. The van der Waals surface area contributed by atoms with Crippen LogP contribution in [-0.4, -0.2) is 43.3 Å². The average molecular weight is 390 g/mol. The first-order chi connectivity index (χ1) is 13.0. The Morgan fingerprint density at radius 2 is 2.07 bits per heavy atom. The Morgan fingerprint density at radius 1 is 1.33 bits per heavy atom. The maximum absolute atomic E-state index is 12.5. The molecule has 0 atom stereocenters. The molecule has 0 spiro atoms. The molecule has 0 radical (unpaired) electrons. The van der Waals surface area contributed by atoms with E-state index in [4.69, 9.17) is 21.1 Å². The zero-order valence-electron chi connectivity index (χ0n) is 15.6. The lowest BCUT2D eigenvalue weighted by Crippen LogP contribution is -2.37. The van der Waals surface area contributed by atoms with Crippen LogP contribution in [0.4, 0.5) is 5.69 Å². The predicted octanol–water partition coefficient (Wildman–Crippen LogP) is 3.29. The molecule has 1 aliphatic heterocycles. The summed E-state index contributed by atoms with van der Waals surface area (Å²) >= 11 is 6.18. The fourth-order valence-corrected chi connectivity index (χ4v) is 3.12. The molecule has 27 heavy (non-hydrogen) atoms. The predicted molar refractivity (Wildman–Crippen MR) is 106 cm³/mol. The van der Waals surface area contributed by atoms with Crippen LogP contribution in [0.3, 0.4) is 0 Å². The van der Waals surface area contributed by atoms with Gasteiger partial charge in [-0.1, -0.05) is 29.8 Å². The number of ether oxygens (including phenoxy) is 2. The maximum Gasteiger partial charge on any atom is 0.253 e. The zero-order chi connectivity index (χ0) is 19.2. The summed E-state index contributed by atoms with van der Waals surface area (Å²) < 4.78 is 10.9. The van der Waals surface area contributed by atoms with Crippen molar-refractivity contribution in [3.05, 3.63) is 52.7 Å². The van der Waals surface area contributed by atoms with Gasteiger partial charge < -0.3 is 19.7 Å². The van der Waals surface area contributed by atoms with Crippen LogP contribution in [0.2, 0.25) is 5.02 Å². The van der Waals surface area contributed by atoms with Gasteiger partial charge in [0.2, 0.25) is 5.88 Å². The van der Waals surface area contributed by atoms with E-state index in [9.17, 15) is 4.79 Å². The minimum absolute atomic E-state index is 0.0358. The number of morpholine rings is 1. The summed E-state index contributed by atoms with van der Waals surface area (Å²) in [5.41, 5.74) is 2.59. The summed E-state index contributed by atoms with van der Waals surface area (Å²) in [4.78, 5) is 18.9. The highest BCUT2D eigenvalue weighted by molar-refractivity contribution is 6.32. The Bertz CT molecular complexity index is 792. The number of hydrogen-bond acceptors (Lipinski definition) is 5. The summed E-state index contributed by atoms with van der Waals surface area (Å²) in [5.74, 6) is 0.109. The smallest absolute Gasteiger partial charge is 0.253 e. The lowest BCUT2D eigenvalue weighted by molar-refractivity contribution is 0.0950. The van der Waals surface area contributed by atoms with Crippen molar-refractivity contribution >= 4 is 23.2 Å². The molecule has 1 aliphatic rings. The molecule has 2 aromatic rings. The topological polar surface area (TPSA) is 63.7 Å². The largest absolute Gasteiger partial charge is 0.474 e. The first kappa shape index (κ1) is 19.5. The Morgan fingerprint density at radius 3 is 2.78 bits per heavy atom. The van der Waals surface area contributed by atoms with Crippen LogP contribution in [-0.2, 0) is 11.3 Å². The SMILES string of the molecule is CC(C)Oc1ncc(C(=O)NCc2ccccc2N2CCOCC2)cc1Cl. The van der Waals surface area contributed by atoms with Gasteiger partial charge in [0.25, 0.3) is 5.91 Å². The van der Waals surface area contributed by atoms with Gasteiger partial charge in [0.05, 0.1) is 24.9 Å². The van der Waals surface area contributed by atoms with Crippen molar-refractivity contribution in [2.45, 2.75) is 26.5 Å². The van der Waals surface area contributed by atoms with E-state index in [-0.39, 0.29) is 12.0 Å². The van der Waals surface area contributed by atoms with E-state index in [1.54, 1.807) is 6.07 Å². The minimum atomic E-state index is -0.225. The van der Waals surface area contributed by atoms with Gasteiger partial charge in [-0.05, 0) is 31.5 Å². The van der Waals surface area contributed by atoms with Crippen molar-refractivity contribution in [1.82, 2.24) is 10.3 Å². The third-order valence-corrected chi connectivity index (χ3v) is 4.47. The van der Waals surface area contributed by atoms with Gasteiger partial charge in [0.1, 0.15) is 5.02 Å². The molecular formula is C20H24ClN3O3. The molecule has 1 saturated heterocycles. The molecule has 1 fully saturated rings. The number of pyridine rings is 1. The van der Waals surface area contributed by atoms with Gasteiger partial charge in [-0.2, -0.15) is 0 Å². The lowest BCUT2D eigenvalue weighted by atomic mass is 10.1. The third-order valence-electron chi connectivity index (χ3n) is 4.20. The van der Waals surface area contributed by atoms with Crippen LogP contribution in [0.1, 0.15) is 29.8 Å². The number of carbonyl (C=O) groups is 1. The van der Waals surface area contributed by atoms with Gasteiger partial charge in [0.15, 0.2) is 0 Å². The minimum Gasteiger partial charge on any atom is -0.474 e. The normalized spacial score (nSPS) is 14.3. The van der Waals surface area contributed by atoms with Crippen LogP contribution in [0.5, 0.6) is 5.88 Å². The summed E-state index contributed by atoms with van der Waals surface area (Å²) in [6.45, 7) is 7.35. The van der Waals surface area contributed by atoms with E-state index in [0.717, 1.165) is 37.6 Å². The van der Waals surface area contributed by atoms with Crippen molar-refractivity contribution in [2.24, 2.45) is 0 Å². The number of hydrogen-bond donors (Lipinski definition) is 1. The summed E-state index contributed by atoms with van der Waals surface area (Å²) in [6, 6.07) is 9.66. The van der Waals surface area contributed by atoms with Gasteiger partial charge in [-0.25, -0.2) is 4.98 Å². The van der Waals surface area contributed by atoms with E-state index in [1.807, 2.05) is 32.0 Å². The van der Waals surface area contributed by atoms with E-state index in [0.29, 0.717) is 23.0 Å². The number of benzene rings is 1. The van der Waals surface area contributed by atoms with E-state index in [1.165, 1.54) is 6.20 Å². The third kappa shape index (κ3) is 5.11. The highest BCUT2D eigenvalue weighted by Gasteiger charge is 2.16. The second kappa shape index (κ2) is 9.06. The fraction of sp³-hybridized carbons (Fsp3) is 0.400. The van der Waals surface area contributed by atoms with Crippen molar-refractivity contribution in [1.29, 1.82) is 0 Å². The van der Waals surface area contributed by atoms with E-state index < -0.39 is 0 Å². The van der Waals surface area contributed by atoms with Gasteiger partial charge in [-0.15, -0.1) is 0 Å². The Hall–Kier alpha value is -2.31. The molecule has 0 saturated carbocycles. The van der Waals surface area contributed by atoms with Gasteiger partial charge in [0, 0.05) is 31.5 Å². The van der Waals surface area contributed by atoms with E-state index in [2.05, 4.69) is 21.3 Å². The first-order valence-corrected chi connectivity index (χ1v) is 9.43. The highest BCUT2D eigenvalue weighted by atomic mass is 35.5. The number of aromatic nitrogens is 1. The van der Waals surface area contributed by atoms with Crippen molar-refractivity contribution in [3.63, 3.8) is 0 Å². The molecule has 144 valence electrons. The number of anilines is 1. The molecule has 3 rings (SSSR count). The molecule has 1 N–H and O–H groups in total. The number of amides is 1. The van der Waals surface area contributed by atoms with Crippen LogP contribution in [0.25, 0.3) is 0 Å². The molecule has 1 aromatic heterocycles. The molecule has 1 amide bonds. The van der Waals surface area contributed by atoms with E-state index >= 15 is 0 Å². The van der Waals surface area contributed by atoms with Crippen LogP contribution in [0, 0.1) is 0 Å². The molecule has 6 nitrogen and oxygen atoms in total. The number of nitrogens with zero attached hydrogens (tertiary/aromatic N) is 2. The standard InChI is InChI=1S/C20H24ClN3O3/c1-14(2)27-20-17(21)11-16(13-23-20)19(25)22-12-15-5-3-4-6-18(15)24-7-9-26-10-8-24/h3-6,11,13-14H,7-10,12H2,1-2H3,(H,22,25). The second-order valence-electron chi connectivity index (χ2n) is 6.59. The zero-order valence-corrected chi connectivity index (χ0v) is 16.3. The maximum atomic E-state index is 12.5. The van der Waals surface area contributed by atoms with Gasteiger partial charge >= 0.3 is 0 Å². The molecule has 0 aliphatic carbocycles. The van der Waals surface area contributed by atoms with Crippen LogP contribution < -0.4 is 15.0 Å². The first-order valence-electron chi connectivity index (χ1n) is 9.05. The van der Waals surface area contributed by atoms with Crippen molar-refractivity contribution in [3.8, 4) is 5.88 Å². The lowest BCUT2D eigenvalue weighted by Gasteiger charge is -2.30. The quantitative estimate of drug-likeness (QED) is 0.821. The van der Waals surface area contributed by atoms with Crippen molar-refractivity contribution in [2.75, 3.05) is 31.2 Å². The van der Waals surface area contributed by atoms with Crippen LogP contribution >= 0.6 is 11.6 Å². The summed E-state index contributed by atoms with van der Waals surface area (Å²) in [6.07, 6.45) is 1.44. The molecular weight excluding hydrogens is 366 g/mol. The Labute approximate surface area is 164 Å². The number of carbonyl (C=O) groups excluding carboxylic acids is 1. The number of rotatable bonds is 6. The van der Waals surface area contributed by atoms with Crippen LogP contribution in [0.15, 0.2) is 36.5 Å².